The molecule has 2 aliphatic carbocycles. The third-order valence-corrected chi connectivity index (χ3v) is 5.90. The van der Waals surface area contributed by atoms with Crippen LogP contribution in [0.4, 0.5) is 0 Å². The lowest BCUT2D eigenvalue weighted by atomic mass is 9.83. The average molecular weight is 343 g/mol. The van der Waals surface area contributed by atoms with Crippen LogP contribution in [0.1, 0.15) is 58.3 Å². The Balaban J connectivity index is 1.77. The molecule has 0 amide bonds. The van der Waals surface area contributed by atoms with Gasteiger partial charge in [-0.1, -0.05) is 19.1 Å². The van der Waals surface area contributed by atoms with Crippen LogP contribution in [0.5, 0.6) is 0 Å². The molecule has 0 aromatic heterocycles. The standard InChI is InChI=1S/C17H29NO4S/c1-2-11-22-23(21)18-17-14-10-9-13(12-14)15(17)7-5-3-4-6-8-16(19)20/h3,5,13-15,17-18H,2,4,6-12H2,1H3,(H,19,20)/b5-3-/t13-,14+,15+,17?,23?/m0/s1. The normalized spacial score (nSPS) is 31.0. The monoisotopic (exact) mass is 343 g/mol. The first-order valence-electron chi connectivity index (χ1n) is 8.79. The van der Waals surface area contributed by atoms with Crippen molar-refractivity contribution in [3.8, 4) is 0 Å². The van der Waals surface area contributed by atoms with Crippen molar-refractivity contribution in [2.45, 2.75) is 64.3 Å². The Morgan fingerprint density at radius 2 is 2.13 bits per heavy atom. The third kappa shape index (κ3) is 5.69. The molecule has 6 heteroatoms. The number of carboxylic acid groups (broad SMARTS) is 1. The van der Waals surface area contributed by atoms with Gasteiger partial charge in [0.25, 0.3) is 0 Å². The van der Waals surface area contributed by atoms with Crippen molar-refractivity contribution in [1.82, 2.24) is 4.72 Å². The lowest BCUT2D eigenvalue weighted by molar-refractivity contribution is -0.137. The highest BCUT2D eigenvalue weighted by molar-refractivity contribution is 7.78. The first-order valence-corrected chi connectivity index (χ1v) is 9.87. The van der Waals surface area contributed by atoms with Crippen LogP contribution < -0.4 is 4.72 Å². The summed E-state index contributed by atoms with van der Waals surface area (Å²) < 4.78 is 20.4. The van der Waals surface area contributed by atoms with E-state index in [1.807, 2.05) is 6.92 Å². The highest BCUT2D eigenvalue weighted by Crippen LogP contribution is 2.50. The van der Waals surface area contributed by atoms with Gasteiger partial charge in [-0.15, -0.1) is 0 Å². The SMILES string of the molecule is CCCOS(=O)NC1[C@@H]2CC[C@@H](C2)[C@H]1C/C=C\CCCC(=O)O. The van der Waals surface area contributed by atoms with Crippen LogP contribution >= 0.6 is 0 Å². The fourth-order valence-corrected chi connectivity index (χ4v) is 4.96. The number of fused-ring (bicyclic) bond motifs is 2. The first kappa shape index (κ1) is 18.6. The zero-order valence-corrected chi connectivity index (χ0v) is 14.7. The van der Waals surface area contributed by atoms with Crippen LogP contribution in [0.25, 0.3) is 0 Å². The second-order valence-corrected chi connectivity index (χ2v) is 7.63. The van der Waals surface area contributed by atoms with Crippen molar-refractivity contribution in [2.24, 2.45) is 17.8 Å². The lowest BCUT2D eigenvalue weighted by Crippen LogP contribution is -2.42. The smallest absolute Gasteiger partial charge is 0.303 e. The van der Waals surface area contributed by atoms with Gasteiger partial charge in [-0.3, -0.25) is 8.98 Å². The minimum atomic E-state index is -1.39. The van der Waals surface area contributed by atoms with Crippen LogP contribution in [0.3, 0.4) is 0 Å². The van der Waals surface area contributed by atoms with Gasteiger partial charge in [0.05, 0.1) is 6.61 Å². The average Bonchev–Trinajstić information content (AvgIpc) is 3.10. The molecule has 0 radical (unpaired) electrons. The van der Waals surface area contributed by atoms with Crippen LogP contribution in [0, 0.1) is 17.8 Å². The van der Waals surface area contributed by atoms with E-state index in [9.17, 15) is 9.00 Å². The van der Waals surface area contributed by atoms with Crippen LogP contribution in [0.15, 0.2) is 12.2 Å². The molecule has 0 aliphatic heterocycles. The Labute approximate surface area is 141 Å². The molecule has 0 aromatic carbocycles. The molecule has 2 fully saturated rings. The summed E-state index contributed by atoms with van der Waals surface area (Å²) in [6, 6.07) is 0.287. The summed E-state index contributed by atoms with van der Waals surface area (Å²) in [6.45, 7) is 2.53. The van der Waals surface area contributed by atoms with Crippen molar-refractivity contribution in [1.29, 1.82) is 0 Å². The summed E-state index contributed by atoms with van der Waals surface area (Å²) in [5.74, 6) is 1.15. The summed E-state index contributed by atoms with van der Waals surface area (Å²) in [7, 11) is 0. The minimum Gasteiger partial charge on any atom is -0.481 e. The molecule has 0 heterocycles. The maximum Gasteiger partial charge on any atom is 0.303 e. The topological polar surface area (TPSA) is 75.6 Å². The minimum absolute atomic E-state index is 0.233. The number of allylic oxidation sites excluding steroid dienone is 2. The lowest BCUT2D eigenvalue weighted by Gasteiger charge is -2.30. The molecular formula is C17H29NO4S. The molecule has 5 atom stereocenters. The molecule has 0 saturated heterocycles. The van der Waals surface area contributed by atoms with Crippen LogP contribution in [-0.4, -0.2) is 27.9 Å². The van der Waals surface area contributed by atoms with E-state index in [0.29, 0.717) is 24.9 Å². The van der Waals surface area contributed by atoms with Gasteiger partial charge in [0, 0.05) is 12.5 Å². The van der Waals surface area contributed by atoms with Crippen LogP contribution in [-0.2, 0) is 20.2 Å². The Hall–Kier alpha value is -0.720. The number of unbranched alkanes of at least 4 members (excludes halogenated alkanes) is 1. The highest BCUT2D eigenvalue weighted by Gasteiger charge is 2.47. The van der Waals surface area contributed by atoms with Gasteiger partial charge in [0.1, 0.15) is 0 Å². The second-order valence-electron chi connectivity index (χ2n) is 6.69. The van der Waals surface area contributed by atoms with E-state index in [-0.39, 0.29) is 12.5 Å². The second kappa shape index (κ2) is 9.55. The van der Waals surface area contributed by atoms with Gasteiger partial charge in [0.2, 0.25) is 11.3 Å². The van der Waals surface area contributed by atoms with Crippen molar-refractivity contribution < 1.29 is 18.3 Å². The Morgan fingerprint density at radius 3 is 2.87 bits per heavy atom. The fourth-order valence-electron chi connectivity index (χ4n) is 3.98. The molecule has 2 rings (SSSR count). The molecule has 132 valence electrons. The van der Waals surface area contributed by atoms with Gasteiger partial charge in [0.15, 0.2) is 0 Å². The molecule has 0 aromatic rings. The van der Waals surface area contributed by atoms with E-state index in [1.54, 1.807) is 0 Å². The number of hydrogen-bond donors (Lipinski definition) is 2. The predicted molar refractivity (Wildman–Crippen MR) is 90.9 cm³/mol. The molecule has 5 nitrogen and oxygen atoms in total. The van der Waals surface area contributed by atoms with Gasteiger partial charge in [-0.2, -0.15) is 0 Å². The molecule has 0 spiro atoms. The quantitative estimate of drug-likeness (QED) is 0.446. The number of carbonyl (C=O) groups is 1. The Kier molecular flexibility index (Phi) is 7.73. The molecule has 2 aliphatic rings. The van der Waals surface area contributed by atoms with Gasteiger partial charge in [-0.05, 0) is 62.7 Å². The van der Waals surface area contributed by atoms with Crippen LogP contribution in [0.2, 0.25) is 0 Å². The van der Waals surface area contributed by atoms with E-state index >= 15 is 0 Å². The van der Waals surface area contributed by atoms with Gasteiger partial charge >= 0.3 is 5.97 Å². The molecule has 2 saturated carbocycles. The molecular weight excluding hydrogens is 314 g/mol. The Morgan fingerprint density at radius 1 is 1.35 bits per heavy atom. The largest absolute Gasteiger partial charge is 0.481 e. The first-order chi connectivity index (χ1) is 11.1. The van der Waals surface area contributed by atoms with E-state index in [4.69, 9.17) is 9.29 Å². The van der Waals surface area contributed by atoms with E-state index in [1.165, 1.54) is 19.3 Å². The number of aliphatic carboxylic acids is 1. The summed E-state index contributed by atoms with van der Waals surface area (Å²) in [5.41, 5.74) is 0. The van der Waals surface area contributed by atoms with Crippen molar-refractivity contribution in [3.05, 3.63) is 12.2 Å². The van der Waals surface area contributed by atoms with Crippen molar-refractivity contribution >= 4 is 17.2 Å². The predicted octanol–water partition coefficient (Wildman–Crippen LogP) is 3.20. The summed E-state index contributed by atoms with van der Waals surface area (Å²) in [4.78, 5) is 10.5. The van der Waals surface area contributed by atoms with E-state index < -0.39 is 17.2 Å². The summed E-state index contributed by atoms with van der Waals surface area (Å²) in [5, 5.41) is 8.62. The number of hydrogen-bond acceptors (Lipinski definition) is 3. The number of nitrogens with one attached hydrogen (secondary N) is 1. The zero-order chi connectivity index (χ0) is 16.7. The van der Waals surface area contributed by atoms with E-state index in [2.05, 4.69) is 16.9 Å². The fraction of sp³-hybridized carbons (Fsp3) is 0.824. The summed E-state index contributed by atoms with van der Waals surface area (Å²) in [6.07, 6.45) is 11.6. The summed E-state index contributed by atoms with van der Waals surface area (Å²) >= 11 is -1.39. The maximum absolute atomic E-state index is 12.0. The van der Waals surface area contributed by atoms with Crippen molar-refractivity contribution in [3.63, 3.8) is 0 Å². The maximum atomic E-state index is 12.0. The van der Waals surface area contributed by atoms with E-state index in [0.717, 1.165) is 25.2 Å². The van der Waals surface area contributed by atoms with Crippen molar-refractivity contribution in [2.75, 3.05) is 6.61 Å². The number of carboxylic acids is 1. The van der Waals surface area contributed by atoms with Gasteiger partial charge in [-0.25, -0.2) is 8.93 Å². The van der Waals surface area contributed by atoms with Gasteiger partial charge < -0.3 is 5.11 Å². The highest BCUT2D eigenvalue weighted by atomic mass is 32.2. The Bertz CT molecular complexity index is 440. The molecule has 2 bridgehead atoms. The molecule has 23 heavy (non-hydrogen) atoms. The molecule has 2 N–H and O–H groups in total. The third-order valence-electron chi connectivity index (χ3n) is 5.05. The molecule has 2 unspecified atom stereocenters. The zero-order valence-electron chi connectivity index (χ0n) is 13.9. The number of rotatable bonds is 11.